The van der Waals surface area contributed by atoms with Crippen LogP contribution in [0.1, 0.15) is 19.8 Å². The molecule has 2 aromatic rings. The van der Waals surface area contributed by atoms with Crippen LogP contribution in [0.4, 0.5) is 5.69 Å². The number of nitrogens with zero attached hydrogens (tertiary/aromatic N) is 5. The van der Waals surface area contributed by atoms with E-state index in [0.29, 0.717) is 34.5 Å². The fraction of sp³-hybridized carbons (Fsp3) is 0.273. The maximum atomic E-state index is 9.41. The highest BCUT2D eigenvalue weighted by atomic mass is 16.3. The molecule has 0 amide bonds. The van der Waals surface area contributed by atoms with Crippen LogP contribution in [0.2, 0.25) is 0 Å². The van der Waals surface area contributed by atoms with Gasteiger partial charge in [0.1, 0.15) is 16.6 Å². The van der Waals surface area contributed by atoms with E-state index in [9.17, 15) is 5.11 Å². The molecule has 1 aliphatic heterocycles. The summed E-state index contributed by atoms with van der Waals surface area (Å²) >= 11 is 0. The lowest BCUT2D eigenvalue weighted by Gasteiger charge is -2.24. The van der Waals surface area contributed by atoms with Crippen LogP contribution in [-0.2, 0) is 0 Å². The van der Waals surface area contributed by atoms with Crippen LogP contribution in [0, 0.1) is 11.5 Å². The van der Waals surface area contributed by atoms with Gasteiger partial charge in [0.15, 0.2) is 11.3 Å². The number of anilines is 1. The minimum Gasteiger partial charge on any atom is -0.453 e. The number of benzene rings is 2. The van der Waals surface area contributed by atoms with Crippen molar-refractivity contribution in [3.05, 3.63) is 48.0 Å². The number of pyridine rings is 1. The van der Waals surface area contributed by atoms with Gasteiger partial charge in [-0.3, -0.25) is 4.98 Å². The Morgan fingerprint density at radius 1 is 1.24 bits per heavy atom. The minimum atomic E-state index is 0.0902. The van der Waals surface area contributed by atoms with E-state index in [1.807, 2.05) is 36.5 Å². The van der Waals surface area contributed by atoms with Crippen LogP contribution in [0.5, 0.6) is 0 Å². The number of nitriles is 1. The quantitative estimate of drug-likeness (QED) is 0.309. The molecule has 0 unspecified atom stereocenters. The average Bonchev–Trinajstić information content (AvgIpc) is 2.75. The first-order chi connectivity index (χ1) is 14.2. The summed E-state index contributed by atoms with van der Waals surface area (Å²) in [5.41, 5.74) is 3.66. The van der Waals surface area contributed by atoms with E-state index in [2.05, 4.69) is 21.8 Å². The molecule has 29 heavy (non-hydrogen) atoms. The first-order valence-electron chi connectivity index (χ1n) is 9.66. The van der Waals surface area contributed by atoms with Gasteiger partial charge in [0.05, 0.1) is 12.1 Å². The summed E-state index contributed by atoms with van der Waals surface area (Å²) < 4.78 is 6.17. The molecule has 0 atom stereocenters. The third kappa shape index (κ3) is 3.62. The number of aliphatic hydroxyl groups is 1. The van der Waals surface area contributed by atoms with Crippen molar-refractivity contribution in [1.29, 1.82) is 5.26 Å². The molecule has 1 N–H and O–H groups in total. The molecule has 146 valence electrons. The maximum absolute atomic E-state index is 9.41. The van der Waals surface area contributed by atoms with Gasteiger partial charge in [0.2, 0.25) is 6.19 Å². The van der Waals surface area contributed by atoms with Gasteiger partial charge in [0, 0.05) is 42.5 Å². The molecule has 7 nitrogen and oxygen atoms in total. The van der Waals surface area contributed by atoms with Gasteiger partial charge in [-0.1, -0.05) is 13.3 Å². The second-order valence-electron chi connectivity index (χ2n) is 6.78. The average molecular weight is 387 g/mol. The molecule has 1 aromatic heterocycles. The molecule has 1 aliphatic carbocycles. The molecule has 0 radical (unpaired) electrons. The van der Waals surface area contributed by atoms with Crippen molar-refractivity contribution < 1.29 is 9.52 Å². The zero-order valence-corrected chi connectivity index (χ0v) is 16.2. The Bertz CT molecular complexity index is 1240. The van der Waals surface area contributed by atoms with Crippen LogP contribution in [0.25, 0.3) is 33.5 Å². The van der Waals surface area contributed by atoms with Crippen LogP contribution in [0.15, 0.2) is 52.0 Å². The topological polar surface area (TPSA) is 98.5 Å². The van der Waals surface area contributed by atoms with Gasteiger partial charge in [-0.15, -0.1) is 0 Å². The number of hydrogen-bond acceptors (Lipinski definition) is 7. The van der Waals surface area contributed by atoms with Crippen molar-refractivity contribution in [2.45, 2.75) is 19.8 Å². The van der Waals surface area contributed by atoms with Gasteiger partial charge >= 0.3 is 0 Å². The molecule has 0 fully saturated rings. The summed E-state index contributed by atoms with van der Waals surface area (Å²) in [6.45, 7) is 3.66. The summed E-state index contributed by atoms with van der Waals surface area (Å²) in [5, 5.41) is 19.7. The SMILES string of the molecule is CCCCN(CCO)c1ccc2nc3c4cccnc4c(=NC#N)cc-3oc2c1. The monoisotopic (exact) mass is 387 g/mol. The molecule has 4 rings (SSSR count). The maximum Gasteiger partial charge on any atom is 0.206 e. The predicted molar refractivity (Wildman–Crippen MR) is 111 cm³/mol. The highest BCUT2D eigenvalue weighted by Gasteiger charge is 2.16. The highest BCUT2D eigenvalue weighted by Crippen LogP contribution is 2.31. The van der Waals surface area contributed by atoms with Gasteiger partial charge < -0.3 is 14.4 Å². The number of hydrogen-bond donors (Lipinski definition) is 1. The molecule has 2 heterocycles. The fourth-order valence-corrected chi connectivity index (χ4v) is 3.48. The van der Waals surface area contributed by atoms with E-state index < -0.39 is 0 Å². The lowest BCUT2D eigenvalue weighted by Crippen LogP contribution is -2.27. The van der Waals surface area contributed by atoms with Crippen molar-refractivity contribution in [3.63, 3.8) is 0 Å². The molecule has 2 aliphatic rings. The Hall–Kier alpha value is -3.50. The molecule has 0 saturated heterocycles. The van der Waals surface area contributed by atoms with Crippen molar-refractivity contribution in [2.75, 3.05) is 24.6 Å². The predicted octanol–water partition coefficient (Wildman–Crippen LogP) is 3.46. The first kappa shape index (κ1) is 18.8. The Morgan fingerprint density at radius 3 is 2.93 bits per heavy atom. The zero-order valence-electron chi connectivity index (χ0n) is 16.2. The third-order valence-electron chi connectivity index (χ3n) is 4.89. The Labute approximate surface area is 167 Å². The second kappa shape index (κ2) is 8.25. The van der Waals surface area contributed by atoms with Crippen LogP contribution in [0.3, 0.4) is 0 Å². The summed E-state index contributed by atoms with van der Waals surface area (Å²) in [6.07, 6.45) is 5.62. The van der Waals surface area contributed by atoms with Crippen molar-refractivity contribution in [1.82, 2.24) is 9.97 Å². The lowest BCUT2D eigenvalue weighted by molar-refractivity contribution is 0.301. The second-order valence-corrected chi connectivity index (χ2v) is 6.78. The molecule has 0 saturated carbocycles. The molecular formula is C22H21N5O2. The van der Waals surface area contributed by atoms with Gasteiger partial charge in [-0.05, 0) is 30.7 Å². The van der Waals surface area contributed by atoms with Crippen LogP contribution >= 0.6 is 0 Å². The van der Waals surface area contributed by atoms with Crippen molar-refractivity contribution in [2.24, 2.45) is 4.99 Å². The lowest BCUT2D eigenvalue weighted by atomic mass is 10.1. The Kier molecular flexibility index (Phi) is 5.36. The number of aromatic nitrogens is 2. The number of unbranched alkanes of at least 4 members (excludes halogenated alkanes) is 1. The standard InChI is InChI=1S/C22H21N5O2/c1-2-3-9-27(10-11-28)15-6-7-17-19(12-15)29-20-13-18(25-14-23)21-16(22(20)26-17)5-4-8-24-21/h4-8,12-13,28H,2-3,9-11H2,1H3. The molecule has 0 spiro atoms. The largest absolute Gasteiger partial charge is 0.453 e. The fourth-order valence-electron chi connectivity index (χ4n) is 3.48. The summed E-state index contributed by atoms with van der Waals surface area (Å²) in [4.78, 5) is 15.2. The van der Waals surface area contributed by atoms with Gasteiger partial charge in [0.25, 0.3) is 0 Å². The third-order valence-corrected chi connectivity index (χ3v) is 4.89. The normalized spacial score (nSPS) is 12.0. The van der Waals surface area contributed by atoms with Crippen LogP contribution in [-0.4, -0.2) is 34.8 Å². The van der Waals surface area contributed by atoms with E-state index in [0.717, 1.165) is 36.0 Å². The summed E-state index contributed by atoms with van der Waals surface area (Å²) in [6, 6.07) is 11.3. The summed E-state index contributed by atoms with van der Waals surface area (Å²) in [7, 11) is 0. The number of fused-ring (bicyclic) bond motifs is 4. The van der Waals surface area contributed by atoms with Crippen molar-refractivity contribution in [3.8, 4) is 17.6 Å². The molecule has 1 aromatic carbocycles. The summed E-state index contributed by atoms with van der Waals surface area (Å²) in [5.74, 6) is 0.548. The van der Waals surface area contributed by atoms with Crippen molar-refractivity contribution >= 4 is 27.7 Å². The molecule has 7 heteroatoms. The smallest absolute Gasteiger partial charge is 0.206 e. The molecule has 0 bridgehead atoms. The Balaban J connectivity index is 1.91. The van der Waals surface area contributed by atoms with E-state index in [1.54, 1.807) is 12.3 Å². The minimum absolute atomic E-state index is 0.0902. The zero-order chi connectivity index (χ0) is 20.2. The van der Waals surface area contributed by atoms with E-state index in [-0.39, 0.29) is 6.61 Å². The number of rotatable bonds is 6. The van der Waals surface area contributed by atoms with E-state index >= 15 is 0 Å². The Morgan fingerprint density at radius 2 is 2.14 bits per heavy atom. The first-order valence-corrected chi connectivity index (χ1v) is 9.66. The number of aliphatic hydroxyl groups excluding tert-OH is 1. The van der Waals surface area contributed by atoms with Gasteiger partial charge in [-0.25, -0.2) is 4.98 Å². The van der Waals surface area contributed by atoms with E-state index in [1.165, 1.54) is 0 Å². The van der Waals surface area contributed by atoms with Crippen LogP contribution < -0.4 is 10.3 Å². The molecular weight excluding hydrogens is 366 g/mol. The van der Waals surface area contributed by atoms with E-state index in [4.69, 9.17) is 14.7 Å². The van der Waals surface area contributed by atoms with Gasteiger partial charge in [-0.2, -0.15) is 10.3 Å². The highest BCUT2D eigenvalue weighted by molar-refractivity contribution is 5.94.